The van der Waals surface area contributed by atoms with Crippen molar-refractivity contribution in [3.05, 3.63) is 53.6 Å². The zero-order chi connectivity index (χ0) is 13.9. The fraction of sp³-hybridized carbons (Fsp3) is 0.308. The Labute approximate surface area is 108 Å². The van der Waals surface area contributed by atoms with Crippen molar-refractivity contribution < 1.29 is 18.3 Å². The molecule has 0 saturated heterocycles. The summed E-state index contributed by atoms with van der Waals surface area (Å²) in [4.78, 5) is 4.13. The summed E-state index contributed by atoms with van der Waals surface area (Å²) < 4.78 is 39.0. The summed E-state index contributed by atoms with van der Waals surface area (Å²) in [5.74, 6) is 0.716. The standard InChI is InChI=1S/C13H13F3N2O/c14-13(15,16)11-3-1-10(2-4-11)9-12-17-5-6-18(12)7-8-19/h1-6,19H,7-9H2. The molecule has 19 heavy (non-hydrogen) atoms. The van der Waals surface area contributed by atoms with E-state index in [0.29, 0.717) is 18.8 Å². The first-order valence-electron chi connectivity index (χ1n) is 5.77. The van der Waals surface area contributed by atoms with Gasteiger partial charge >= 0.3 is 6.18 Å². The van der Waals surface area contributed by atoms with Crippen molar-refractivity contribution >= 4 is 0 Å². The SMILES string of the molecule is OCCn1ccnc1Cc1ccc(C(F)(F)F)cc1. The lowest BCUT2D eigenvalue weighted by Crippen LogP contribution is -2.07. The van der Waals surface area contributed by atoms with Gasteiger partial charge in [-0.1, -0.05) is 12.1 Å². The Morgan fingerprint density at radius 3 is 2.42 bits per heavy atom. The van der Waals surface area contributed by atoms with Gasteiger partial charge in [-0.2, -0.15) is 13.2 Å². The largest absolute Gasteiger partial charge is 0.416 e. The number of aliphatic hydroxyl groups is 1. The molecular weight excluding hydrogens is 257 g/mol. The highest BCUT2D eigenvalue weighted by molar-refractivity contribution is 5.26. The van der Waals surface area contributed by atoms with Crippen LogP contribution in [0.1, 0.15) is 17.0 Å². The van der Waals surface area contributed by atoms with Crippen molar-refractivity contribution in [3.63, 3.8) is 0 Å². The van der Waals surface area contributed by atoms with E-state index in [1.54, 1.807) is 17.0 Å². The molecule has 6 heteroatoms. The van der Waals surface area contributed by atoms with E-state index in [4.69, 9.17) is 5.11 Å². The number of halogens is 3. The summed E-state index contributed by atoms with van der Waals surface area (Å²) in [6.45, 7) is 0.423. The molecule has 1 N–H and O–H groups in total. The predicted octanol–water partition coefficient (Wildman–Crippen LogP) is 2.49. The van der Waals surface area contributed by atoms with E-state index >= 15 is 0 Å². The van der Waals surface area contributed by atoms with Crippen molar-refractivity contribution in [2.45, 2.75) is 19.1 Å². The van der Waals surface area contributed by atoms with Crippen LogP contribution in [0.15, 0.2) is 36.7 Å². The number of aliphatic hydroxyl groups excluding tert-OH is 1. The first-order chi connectivity index (χ1) is 9.00. The highest BCUT2D eigenvalue weighted by Gasteiger charge is 2.29. The maximum atomic E-state index is 12.4. The monoisotopic (exact) mass is 270 g/mol. The number of alkyl halides is 3. The second-order valence-electron chi connectivity index (χ2n) is 4.13. The van der Waals surface area contributed by atoms with Crippen molar-refractivity contribution in [2.75, 3.05) is 6.61 Å². The summed E-state index contributed by atoms with van der Waals surface area (Å²) in [5.41, 5.74) is 0.0911. The van der Waals surface area contributed by atoms with E-state index in [1.807, 2.05) is 0 Å². The van der Waals surface area contributed by atoms with Crippen LogP contribution in [0.5, 0.6) is 0 Å². The lowest BCUT2D eigenvalue weighted by atomic mass is 10.1. The molecule has 0 fully saturated rings. The van der Waals surface area contributed by atoms with Crippen molar-refractivity contribution in [1.29, 1.82) is 0 Å². The van der Waals surface area contributed by atoms with Gasteiger partial charge in [-0.05, 0) is 17.7 Å². The highest BCUT2D eigenvalue weighted by atomic mass is 19.4. The Bertz CT molecular complexity index is 532. The molecule has 0 atom stereocenters. The predicted molar refractivity (Wildman–Crippen MR) is 63.6 cm³/mol. The van der Waals surface area contributed by atoms with Gasteiger partial charge in [0.15, 0.2) is 0 Å². The molecule has 0 spiro atoms. The van der Waals surface area contributed by atoms with Crippen molar-refractivity contribution in [1.82, 2.24) is 9.55 Å². The van der Waals surface area contributed by atoms with Gasteiger partial charge in [-0.25, -0.2) is 4.98 Å². The lowest BCUT2D eigenvalue weighted by Gasteiger charge is -2.08. The van der Waals surface area contributed by atoms with Gasteiger partial charge < -0.3 is 9.67 Å². The molecule has 0 aliphatic heterocycles. The van der Waals surface area contributed by atoms with Crippen LogP contribution in [0.2, 0.25) is 0 Å². The molecule has 2 rings (SSSR count). The van der Waals surface area contributed by atoms with Crippen LogP contribution in [0, 0.1) is 0 Å². The molecule has 1 aromatic carbocycles. The number of benzene rings is 1. The number of hydrogen-bond acceptors (Lipinski definition) is 2. The Morgan fingerprint density at radius 2 is 1.84 bits per heavy atom. The topological polar surface area (TPSA) is 38.0 Å². The molecule has 0 bridgehead atoms. The van der Waals surface area contributed by atoms with E-state index in [0.717, 1.165) is 17.7 Å². The lowest BCUT2D eigenvalue weighted by molar-refractivity contribution is -0.137. The zero-order valence-corrected chi connectivity index (χ0v) is 10.1. The third kappa shape index (κ3) is 3.35. The van der Waals surface area contributed by atoms with Crippen LogP contribution < -0.4 is 0 Å². The molecule has 0 saturated carbocycles. The molecule has 0 amide bonds. The Morgan fingerprint density at radius 1 is 1.16 bits per heavy atom. The first kappa shape index (κ1) is 13.6. The normalized spacial score (nSPS) is 11.8. The molecule has 1 aromatic heterocycles. The van der Waals surface area contributed by atoms with Crippen LogP contribution in [0.4, 0.5) is 13.2 Å². The van der Waals surface area contributed by atoms with Gasteiger partial charge in [-0.3, -0.25) is 0 Å². The summed E-state index contributed by atoms with van der Waals surface area (Å²) in [6.07, 6.45) is -0.538. The third-order valence-corrected chi connectivity index (χ3v) is 2.79. The summed E-state index contributed by atoms with van der Waals surface area (Å²) in [7, 11) is 0. The number of imidazole rings is 1. The van der Waals surface area contributed by atoms with E-state index in [1.165, 1.54) is 12.1 Å². The maximum Gasteiger partial charge on any atom is 0.416 e. The summed E-state index contributed by atoms with van der Waals surface area (Å²) >= 11 is 0. The fourth-order valence-electron chi connectivity index (χ4n) is 1.81. The molecule has 3 nitrogen and oxygen atoms in total. The van der Waals surface area contributed by atoms with E-state index in [9.17, 15) is 13.2 Å². The molecule has 102 valence electrons. The van der Waals surface area contributed by atoms with Crippen molar-refractivity contribution in [3.8, 4) is 0 Å². The maximum absolute atomic E-state index is 12.4. The molecule has 0 aliphatic rings. The van der Waals surface area contributed by atoms with Crippen LogP contribution in [0.25, 0.3) is 0 Å². The summed E-state index contributed by atoms with van der Waals surface area (Å²) in [6, 6.07) is 5.02. The molecule has 2 aromatic rings. The Balaban J connectivity index is 2.13. The zero-order valence-electron chi connectivity index (χ0n) is 10.1. The molecule has 0 unspecified atom stereocenters. The minimum Gasteiger partial charge on any atom is -0.395 e. The Hall–Kier alpha value is -1.82. The van der Waals surface area contributed by atoms with Crippen LogP contribution in [-0.4, -0.2) is 21.3 Å². The first-order valence-corrected chi connectivity index (χ1v) is 5.77. The van der Waals surface area contributed by atoms with E-state index in [2.05, 4.69) is 4.98 Å². The fourth-order valence-corrected chi connectivity index (χ4v) is 1.81. The highest BCUT2D eigenvalue weighted by Crippen LogP contribution is 2.29. The smallest absolute Gasteiger partial charge is 0.395 e. The van der Waals surface area contributed by atoms with Crippen molar-refractivity contribution in [2.24, 2.45) is 0 Å². The minimum absolute atomic E-state index is 0.00360. The van der Waals surface area contributed by atoms with Gasteiger partial charge in [0.25, 0.3) is 0 Å². The Kier molecular flexibility index (Phi) is 3.90. The molecular formula is C13H13F3N2O. The average molecular weight is 270 g/mol. The number of nitrogens with zero attached hydrogens (tertiary/aromatic N) is 2. The van der Waals surface area contributed by atoms with Crippen LogP contribution in [-0.2, 0) is 19.1 Å². The molecule has 0 aliphatic carbocycles. The quantitative estimate of drug-likeness (QED) is 0.927. The molecule has 0 radical (unpaired) electrons. The number of rotatable bonds is 4. The van der Waals surface area contributed by atoms with Gasteiger partial charge in [0.1, 0.15) is 5.82 Å². The van der Waals surface area contributed by atoms with E-state index < -0.39 is 11.7 Å². The van der Waals surface area contributed by atoms with Gasteiger partial charge in [0.2, 0.25) is 0 Å². The number of aromatic nitrogens is 2. The van der Waals surface area contributed by atoms with Crippen LogP contribution >= 0.6 is 0 Å². The average Bonchev–Trinajstić information content (AvgIpc) is 2.77. The second kappa shape index (κ2) is 5.44. The summed E-state index contributed by atoms with van der Waals surface area (Å²) in [5, 5.41) is 8.88. The van der Waals surface area contributed by atoms with Gasteiger partial charge in [-0.15, -0.1) is 0 Å². The van der Waals surface area contributed by atoms with E-state index in [-0.39, 0.29) is 6.61 Å². The minimum atomic E-state index is -4.31. The molecule has 1 heterocycles. The van der Waals surface area contributed by atoms with Gasteiger partial charge in [0.05, 0.1) is 12.2 Å². The number of hydrogen-bond donors (Lipinski definition) is 1. The van der Waals surface area contributed by atoms with Crippen LogP contribution in [0.3, 0.4) is 0 Å². The second-order valence-corrected chi connectivity index (χ2v) is 4.13. The third-order valence-electron chi connectivity index (χ3n) is 2.79. The van der Waals surface area contributed by atoms with Gasteiger partial charge in [0, 0.05) is 25.4 Å².